The fourth-order valence-electron chi connectivity index (χ4n) is 6.43. The fourth-order valence-corrected chi connectivity index (χ4v) is 6.43. The van der Waals surface area contributed by atoms with Gasteiger partial charge in [0.1, 0.15) is 29.6 Å². The third-order valence-electron chi connectivity index (χ3n) is 9.44. The first-order chi connectivity index (χ1) is 24.9. The summed E-state index contributed by atoms with van der Waals surface area (Å²) in [7, 11) is 1.19. The maximum atomic E-state index is 14.0. The van der Waals surface area contributed by atoms with Crippen LogP contribution in [-0.2, 0) is 36.8 Å². The van der Waals surface area contributed by atoms with Crippen LogP contribution < -0.4 is 21.7 Å². The molecule has 0 spiro atoms. The van der Waals surface area contributed by atoms with Gasteiger partial charge in [0, 0.05) is 35.4 Å². The molecule has 12 nitrogen and oxygen atoms in total. The van der Waals surface area contributed by atoms with E-state index in [-0.39, 0.29) is 54.0 Å². The van der Waals surface area contributed by atoms with Crippen LogP contribution in [0.3, 0.4) is 0 Å². The molecule has 0 aliphatic carbocycles. The molecule has 0 unspecified atom stereocenters. The van der Waals surface area contributed by atoms with E-state index in [0.29, 0.717) is 11.1 Å². The molecule has 3 aromatic rings. The SMILES string of the molecule is CCCCCCc1ccc(C(=O)N[C@@H](CCN)C(=O)N[C@@H]2C(=O)C[C@@H](C)C(=O)N[C@H](C(=O)OC)Cc3ccc(O)c(c3)-c3cc2ccc3O)c(C)c1. The Bertz CT molecular complexity index is 1790. The second-order valence-electron chi connectivity index (χ2n) is 13.5. The molecule has 4 atom stereocenters. The van der Waals surface area contributed by atoms with E-state index >= 15 is 0 Å². The standard InChI is InChI=1S/C40H50N4O8/c1-5-6-7-8-9-25-10-13-28(23(2)18-25)38(49)42-31(16-17-41)39(50)44-36-27-12-15-34(46)30(22-27)29-20-26(11-14-33(29)45)21-32(40(51)52-4)43-37(48)24(3)19-35(36)47/h10-15,18,20,22,24,31-32,36,45-46H,5-9,16-17,19,21,41H2,1-4H3,(H,42,49)(H,43,48)(H,44,50)/t24-,31+,32+,36+/m1/s1. The molecule has 4 rings (SSSR count). The number of unbranched alkanes of at least 4 members (excludes halogenated alkanes) is 3. The van der Waals surface area contributed by atoms with Crippen molar-refractivity contribution in [1.29, 1.82) is 0 Å². The minimum absolute atomic E-state index is 0.0163. The molecule has 52 heavy (non-hydrogen) atoms. The van der Waals surface area contributed by atoms with Gasteiger partial charge >= 0.3 is 5.97 Å². The molecule has 0 aromatic heterocycles. The summed E-state index contributed by atoms with van der Waals surface area (Å²) in [6, 6.07) is 11.0. The van der Waals surface area contributed by atoms with Gasteiger partial charge in [0.15, 0.2) is 5.78 Å². The zero-order valence-corrected chi connectivity index (χ0v) is 30.3. The zero-order chi connectivity index (χ0) is 37.9. The number of hydrogen-bond donors (Lipinski definition) is 6. The van der Waals surface area contributed by atoms with Crippen molar-refractivity contribution in [3.8, 4) is 22.6 Å². The molecular weight excluding hydrogens is 664 g/mol. The first-order valence-electron chi connectivity index (χ1n) is 17.8. The number of nitrogens with two attached hydrogens (primary N) is 1. The molecule has 1 aliphatic rings. The van der Waals surface area contributed by atoms with Crippen molar-refractivity contribution < 1.29 is 38.9 Å². The van der Waals surface area contributed by atoms with E-state index in [9.17, 15) is 34.2 Å². The van der Waals surface area contributed by atoms with Gasteiger partial charge in [-0.3, -0.25) is 19.2 Å². The summed E-state index contributed by atoms with van der Waals surface area (Å²) in [6.45, 7) is 5.60. The van der Waals surface area contributed by atoms with Crippen LogP contribution in [0.5, 0.6) is 11.5 Å². The van der Waals surface area contributed by atoms with E-state index in [1.54, 1.807) is 18.2 Å². The summed E-state index contributed by atoms with van der Waals surface area (Å²) in [5, 5.41) is 29.9. The number of ether oxygens (including phenoxy) is 1. The predicted octanol–water partition coefficient (Wildman–Crippen LogP) is 4.31. The van der Waals surface area contributed by atoms with Gasteiger partial charge in [-0.1, -0.05) is 57.4 Å². The lowest BCUT2D eigenvalue weighted by atomic mass is 9.90. The lowest BCUT2D eigenvalue weighted by molar-refractivity contribution is -0.145. The maximum Gasteiger partial charge on any atom is 0.328 e. The Hall–Kier alpha value is -5.23. The summed E-state index contributed by atoms with van der Waals surface area (Å²) in [6.07, 6.45) is 5.19. The fraction of sp³-hybridized carbons (Fsp3) is 0.425. The van der Waals surface area contributed by atoms with E-state index < -0.39 is 53.5 Å². The number of benzene rings is 3. The van der Waals surface area contributed by atoms with Gasteiger partial charge in [-0.25, -0.2) is 4.79 Å². The summed E-state index contributed by atoms with van der Waals surface area (Å²) in [4.78, 5) is 67.3. The van der Waals surface area contributed by atoms with Crippen molar-refractivity contribution >= 4 is 29.5 Å². The number of fused-ring (bicyclic) bond motifs is 5. The number of methoxy groups -OCH3 is 1. The predicted molar refractivity (Wildman–Crippen MR) is 196 cm³/mol. The molecule has 0 fully saturated rings. The molecule has 12 heteroatoms. The van der Waals surface area contributed by atoms with E-state index in [4.69, 9.17) is 10.5 Å². The van der Waals surface area contributed by atoms with Gasteiger partial charge in [-0.05, 0) is 85.3 Å². The summed E-state index contributed by atoms with van der Waals surface area (Å²) in [5.41, 5.74) is 9.37. The van der Waals surface area contributed by atoms with E-state index in [1.807, 2.05) is 19.1 Å². The van der Waals surface area contributed by atoms with Crippen molar-refractivity contribution in [1.82, 2.24) is 16.0 Å². The van der Waals surface area contributed by atoms with Gasteiger partial charge in [0.05, 0.1) is 7.11 Å². The molecule has 0 saturated carbocycles. The first kappa shape index (κ1) is 39.6. The number of esters is 1. The van der Waals surface area contributed by atoms with Gasteiger partial charge in [0.2, 0.25) is 11.8 Å². The highest BCUT2D eigenvalue weighted by Gasteiger charge is 2.32. The van der Waals surface area contributed by atoms with Crippen molar-refractivity contribution in [3.63, 3.8) is 0 Å². The van der Waals surface area contributed by atoms with Crippen LogP contribution in [0.1, 0.15) is 91.0 Å². The summed E-state index contributed by atoms with van der Waals surface area (Å²) in [5.74, 6) is -4.27. The number of carbonyl (C=O) groups is 5. The number of aromatic hydroxyl groups is 2. The van der Waals surface area contributed by atoms with Gasteiger partial charge < -0.3 is 36.6 Å². The number of nitrogens with one attached hydrogen (secondary N) is 3. The lowest BCUT2D eigenvalue weighted by Crippen LogP contribution is -2.50. The Labute approximate surface area is 304 Å². The van der Waals surface area contributed by atoms with Crippen molar-refractivity contribution in [3.05, 3.63) is 82.4 Å². The zero-order valence-electron chi connectivity index (χ0n) is 30.3. The van der Waals surface area contributed by atoms with Gasteiger partial charge in [0.25, 0.3) is 5.91 Å². The minimum atomic E-state index is -1.32. The van der Waals surface area contributed by atoms with Crippen LogP contribution in [0.2, 0.25) is 0 Å². The Morgan fingerprint density at radius 3 is 2.35 bits per heavy atom. The Morgan fingerprint density at radius 2 is 1.67 bits per heavy atom. The molecule has 0 radical (unpaired) electrons. The molecular formula is C40H50N4O8. The highest BCUT2D eigenvalue weighted by Crippen LogP contribution is 2.38. The van der Waals surface area contributed by atoms with Crippen LogP contribution in [-0.4, -0.2) is 65.4 Å². The minimum Gasteiger partial charge on any atom is -0.507 e. The molecule has 3 amide bonds. The average molecular weight is 715 g/mol. The van der Waals surface area contributed by atoms with Crippen LogP contribution >= 0.6 is 0 Å². The summed E-state index contributed by atoms with van der Waals surface area (Å²) >= 11 is 0. The highest BCUT2D eigenvalue weighted by atomic mass is 16.5. The number of hydrogen-bond acceptors (Lipinski definition) is 9. The third-order valence-corrected chi connectivity index (χ3v) is 9.44. The number of aryl methyl sites for hydroxylation is 2. The van der Waals surface area contributed by atoms with Crippen molar-refractivity contribution in [2.45, 2.75) is 90.3 Å². The lowest BCUT2D eigenvalue weighted by Gasteiger charge is -2.25. The normalized spacial score (nSPS) is 18.1. The van der Waals surface area contributed by atoms with E-state index in [2.05, 4.69) is 22.9 Å². The molecule has 7 N–H and O–H groups in total. The van der Waals surface area contributed by atoms with E-state index in [0.717, 1.165) is 36.8 Å². The third kappa shape index (κ3) is 9.97. The molecule has 1 aliphatic heterocycles. The van der Waals surface area contributed by atoms with Gasteiger partial charge in [-0.15, -0.1) is 0 Å². The maximum absolute atomic E-state index is 14.0. The first-order valence-corrected chi connectivity index (χ1v) is 17.8. The van der Waals surface area contributed by atoms with Crippen LogP contribution in [0, 0.1) is 12.8 Å². The molecule has 1 heterocycles. The number of ketones is 1. The molecule has 278 valence electrons. The number of Topliss-reactive ketones (excluding diaryl/α,β-unsaturated/α-hetero) is 1. The Kier molecular flexibility index (Phi) is 13.9. The van der Waals surface area contributed by atoms with Gasteiger partial charge in [-0.2, -0.15) is 0 Å². The topological polar surface area (TPSA) is 197 Å². The molecule has 4 bridgehead atoms. The Balaban J connectivity index is 1.66. The van der Waals surface area contributed by atoms with Crippen molar-refractivity contribution in [2.24, 2.45) is 11.7 Å². The number of phenols is 2. The molecule has 0 saturated heterocycles. The number of rotatable bonds is 12. The monoisotopic (exact) mass is 714 g/mol. The van der Waals surface area contributed by atoms with E-state index in [1.165, 1.54) is 44.7 Å². The van der Waals surface area contributed by atoms with Crippen LogP contribution in [0.15, 0.2) is 54.6 Å². The average Bonchev–Trinajstić information content (AvgIpc) is 3.12. The second kappa shape index (κ2) is 18.3. The number of carbonyl (C=O) groups excluding carboxylic acids is 5. The smallest absolute Gasteiger partial charge is 0.328 e. The molecule has 3 aromatic carbocycles. The highest BCUT2D eigenvalue weighted by molar-refractivity contribution is 6.00. The largest absolute Gasteiger partial charge is 0.507 e. The Morgan fingerprint density at radius 1 is 0.962 bits per heavy atom. The van der Waals surface area contributed by atoms with Crippen LogP contribution in [0.25, 0.3) is 11.1 Å². The van der Waals surface area contributed by atoms with Crippen molar-refractivity contribution in [2.75, 3.05) is 13.7 Å². The number of phenolic OH excluding ortho intramolecular Hbond substituents is 2. The second-order valence-corrected chi connectivity index (χ2v) is 13.5. The number of amides is 3. The quantitative estimate of drug-likeness (QED) is 0.117. The summed E-state index contributed by atoms with van der Waals surface area (Å²) < 4.78 is 4.91. The van der Waals surface area contributed by atoms with Crippen LogP contribution in [0.4, 0.5) is 0 Å².